The van der Waals surface area contributed by atoms with Crippen molar-refractivity contribution < 1.29 is 0 Å². The molecule has 5 rings (SSSR count). The first-order valence-electron chi connectivity index (χ1n) is 14.9. The Morgan fingerprint density at radius 3 is 2.42 bits per heavy atom. The van der Waals surface area contributed by atoms with Crippen molar-refractivity contribution in [3.8, 4) is 12.1 Å². The highest BCUT2D eigenvalue weighted by Crippen LogP contribution is 2.68. The van der Waals surface area contributed by atoms with Gasteiger partial charge in [-0.2, -0.15) is 10.5 Å². The summed E-state index contributed by atoms with van der Waals surface area (Å²) in [6.45, 7) is 12.5. The van der Waals surface area contributed by atoms with Gasteiger partial charge in [-0.25, -0.2) is 0 Å². The van der Waals surface area contributed by atoms with Gasteiger partial charge in [-0.05, 0) is 121 Å². The number of benzene rings is 1. The van der Waals surface area contributed by atoms with Crippen molar-refractivity contribution in [1.82, 2.24) is 0 Å². The Hall–Kier alpha value is -2.00. The van der Waals surface area contributed by atoms with Gasteiger partial charge in [-0.15, -0.1) is 0 Å². The van der Waals surface area contributed by atoms with E-state index in [2.05, 4.69) is 46.8 Å². The first kappa shape index (κ1) is 25.6. The molecular formula is C33H47N3. The summed E-state index contributed by atoms with van der Waals surface area (Å²) < 4.78 is 0. The van der Waals surface area contributed by atoms with Crippen LogP contribution in [0.5, 0.6) is 0 Å². The van der Waals surface area contributed by atoms with Gasteiger partial charge in [-0.1, -0.05) is 53.9 Å². The lowest BCUT2D eigenvalue weighted by atomic mass is 9.44. The molecule has 0 radical (unpaired) electrons. The molecule has 4 aliphatic rings. The Bertz CT molecular complexity index is 1090. The van der Waals surface area contributed by atoms with Crippen LogP contribution in [0.3, 0.4) is 0 Å². The number of rotatable bonds is 5. The van der Waals surface area contributed by atoms with Crippen LogP contribution in [-0.4, -0.2) is 0 Å². The number of hydrogen-bond donors (Lipinski definition) is 1. The highest BCUT2D eigenvalue weighted by Gasteiger charge is 2.60. The van der Waals surface area contributed by atoms with E-state index in [1.807, 2.05) is 6.07 Å². The molecule has 3 saturated carbocycles. The Morgan fingerprint density at radius 2 is 1.72 bits per heavy atom. The van der Waals surface area contributed by atoms with Crippen LogP contribution in [0.25, 0.3) is 0 Å². The highest BCUT2D eigenvalue weighted by atomic mass is 14.7. The molecule has 0 unspecified atom stereocenters. The molecule has 3 heteroatoms. The lowest BCUT2D eigenvalue weighted by molar-refractivity contribution is -0.103. The number of nitrogen functional groups attached to an aromatic ring is 1. The molecule has 3 nitrogen and oxygen atoms in total. The minimum absolute atomic E-state index is 0.272. The molecule has 3 fully saturated rings. The van der Waals surface area contributed by atoms with Crippen molar-refractivity contribution in [2.24, 2.45) is 52.3 Å². The van der Waals surface area contributed by atoms with Crippen molar-refractivity contribution in [2.45, 2.75) is 105 Å². The third-order valence-corrected chi connectivity index (χ3v) is 12.1. The maximum atomic E-state index is 9.88. The van der Waals surface area contributed by atoms with E-state index in [1.54, 1.807) is 0 Å². The molecule has 2 N–H and O–H groups in total. The molecule has 0 aliphatic heterocycles. The van der Waals surface area contributed by atoms with Crippen LogP contribution in [0.2, 0.25) is 0 Å². The standard InChI is InChI=1S/C33H47N3/c1-20(2)7-6-8-21(3)28-11-12-29-25-10-9-24-16-26-22(15-23(18-34)31(36)27(26)19-35)17-33(24,5)30(25)13-14-32(28,29)4/h15,20-21,24-25,28-30H,6-14,16-17,36H2,1-5H3/t21-,24+,25+,28-,29+,30+,32-,33+/m1/s1. The van der Waals surface area contributed by atoms with E-state index in [-0.39, 0.29) is 5.41 Å². The molecule has 0 saturated heterocycles. The van der Waals surface area contributed by atoms with Crippen molar-refractivity contribution in [3.05, 3.63) is 28.3 Å². The first-order valence-corrected chi connectivity index (χ1v) is 14.9. The maximum absolute atomic E-state index is 9.88. The monoisotopic (exact) mass is 485 g/mol. The van der Waals surface area contributed by atoms with Gasteiger partial charge in [0.05, 0.1) is 16.8 Å². The molecule has 36 heavy (non-hydrogen) atoms. The van der Waals surface area contributed by atoms with E-state index < -0.39 is 0 Å². The van der Waals surface area contributed by atoms with Crippen LogP contribution in [0.15, 0.2) is 6.07 Å². The summed E-state index contributed by atoms with van der Waals surface area (Å²) in [5.74, 6) is 5.69. The number of anilines is 1. The number of nitrogens with two attached hydrogens (primary N) is 1. The normalized spacial score (nSPS) is 37.7. The number of nitrogens with zero attached hydrogens (tertiary/aromatic N) is 2. The summed E-state index contributed by atoms with van der Waals surface area (Å²) in [5.41, 5.74) is 10.9. The van der Waals surface area contributed by atoms with Crippen molar-refractivity contribution in [1.29, 1.82) is 10.5 Å². The molecule has 0 heterocycles. The summed E-state index contributed by atoms with van der Waals surface area (Å²) in [5, 5.41) is 19.6. The summed E-state index contributed by atoms with van der Waals surface area (Å²) >= 11 is 0. The Kier molecular flexibility index (Phi) is 6.69. The lowest BCUT2D eigenvalue weighted by Crippen LogP contribution is -2.54. The van der Waals surface area contributed by atoms with E-state index in [4.69, 9.17) is 5.73 Å². The van der Waals surface area contributed by atoms with Gasteiger partial charge in [0.25, 0.3) is 0 Å². The average molecular weight is 486 g/mol. The largest absolute Gasteiger partial charge is 0.397 e. The van der Waals surface area contributed by atoms with Gasteiger partial charge in [0, 0.05) is 0 Å². The van der Waals surface area contributed by atoms with E-state index >= 15 is 0 Å². The summed E-state index contributed by atoms with van der Waals surface area (Å²) in [7, 11) is 0. The van der Waals surface area contributed by atoms with Crippen molar-refractivity contribution in [3.63, 3.8) is 0 Å². The van der Waals surface area contributed by atoms with Crippen molar-refractivity contribution >= 4 is 5.69 Å². The third-order valence-electron chi connectivity index (χ3n) is 12.1. The predicted octanol–water partition coefficient (Wildman–Crippen LogP) is 8.05. The van der Waals surface area contributed by atoms with Crippen LogP contribution in [0, 0.1) is 74.9 Å². The van der Waals surface area contributed by atoms with Gasteiger partial charge >= 0.3 is 0 Å². The molecule has 194 valence electrons. The molecular weight excluding hydrogens is 438 g/mol. The Morgan fingerprint density at radius 1 is 0.972 bits per heavy atom. The van der Waals surface area contributed by atoms with E-state index in [1.165, 1.54) is 63.4 Å². The van der Waals surface area contributed by atoms with Gasteiger partial charge < -0.3 is 5.73 Å². The van der Waals surface area contributed by atoms with Crippen LogP contribution in [0.4, 0.5) is 5.69 Å². The molecule has 1 aromatic carbocycles. The van der Waals surface area contributed by atoms with Crippen molar-refractivity contribution in [2.75, 3.05) is 5.73 Å². The van der Waals surface area contributed by atoms with Gasteiger partial charge in [0.15, 0.2) is 0 Å². The van der Waals surface area contributed by atoms with Crippen LogP contribution >= 0.6 is 0 Å². The SMILES string of the molecule is CC(C)CCC[C@@H](C)[C@H]1CC[C@H]2[C@@H]3CC[C@H]4Cc5c(cc(C#N)c(N)c5C#N)C[C@]4(C)[C@H]3CC[C@]12C. The summed E-state index contributed by atoms with van der Waals surface area (Å²) in [4.78, 5) is 0. The number of nitriles is 2. The average Bonchev–Trinajstić information content (AvgIpc) is 3.19. The van der Waals surface area contributed by atoms with Crippen LogP contribution in [-0.2, 0) is 12.8 Å². The van der Waals surface area contributed by atoms with Gasteiger partial charge in [0.1, 0.15) is 12.1 Å². The summed E-state index contributed by atoms with van der Waals surface area (Å²) in [6, 6.07) is 6.64. The molecule has 8 atom stereocenters. The lowest BCUT2D eigenvalue weighted by Gasteiger charge is -2.61. The van der Waals surface area contributed by atoms with Gasteiger partial charge in [0.2, 0.25) is 0 Å². The quantitative estimate of drug-likeness (QED) is 0.429. The molecule has 4 aliphatic carbocycles. The number of hydrogen-bond acceptors (Lipinski definition) is 3. The highest BCUT2D eigenvalue weighted by molar-refractivity contribution is 5.69. The fourth-order valence-corrected chi connectivity index (χ4v) is 10.2. The summed E-state index contributed by atoms with van der Waals surface area (Å²) in [6.07, 6.45) is 14.4. The number of fused-ring (bicyclic) bond motifs is 6. The van der Waals surface area contributed by atoms with E-state index in [0.29, 0.717) is 28.1 Å². The molecule has 0 aromatic heterocycles. The Balaban J connectivity index is 1.39. The minimum Gasteiger partial charge on any atom is -0.397 e. The zero-order chi connectivity index (χ0) is 25.8. The molecule has 1 aromatic rings. The smallest absolute Gasteiger partial charge is 0.102 e. The third kappa shape index (κ3) is 3.88. The minimum atomic E-state index is 0.272. The maximum Gasteiger partial charge on any atom is 0.102 e. The molecule has 0 spiro atoms. The second-order valence-corrected chi connectivity index (χ2v) is 14.1. The fraction of sp³-hybridized carbons (Fsp3) is 0.758. The zero-order valence-corrected chi connectivity index (χ0v) is 23.4. The fourth-order valence-electron chi connectivity index (χ4n) is 10.2. The van der Waals surface area contributed by atoms with Crippen LogP contribution < -0.4 is 5.73 Å². The van der Waals surface area contributed by atoms with E-state index in [0.717, 1.165) is 53.9 Å². The first-order chi connectivity index (χ1) is 17.1. The van der Waals surface area contributed by atoms with E-state index in [9.17, 15) is 10.5 Å². The Labute approximate surface area is 219 Å². The zero-order valence-electron chi connectivity index (χ0n) is 23.4. The van der Waals surface area contributed by atoms with Crippen LogP contribution in [0.1, 0.15) is 115 Å². The topological polar surface area (TPSA) is 73.6 Å². The van der Waals surface area contributed by atoms with Gasteiger partial charge in [-0.3, -0.25) is 0 Å². The predicted molar refractivity (Wildman–Crippen MR) is 147 cm³/mol. The molecule has 0 bridgehead atoms. The second kappa shape index (κ2) is 9.39. The second-order valence-electron chi connectivity index (χ2n) is 14.1. The molecule has 0 amide bonds.